The molecule has 0 aliphatic carbocycles. The molecule has 0 radical (unpaired) electrons. The van der Waals surface area contributed by atoms with Crippen molar-refractivity contribution in [2.24, 2.45) is 0 Å². The van der Waals surface area contributed by atoms with Gasteiger partial charge in [0.1, 0.15) is 11.3 Å². The van der Waals surface area contributed by atoms with Crippen LogP contribution in [0.15, 0.2) is 56.1 Å². The first-order chi connectivity index (χ1) is 11.9. The molecule has 1 N–H and O–H groups in total. The van der Waals surface area contributed by atoms with Gasteiger partial charge >= 0.3 is 5.63 Å². The highest BCUT2D eigenvalue weighted by Crippen LogP contribution is 2.27. The molecule has 0 atom stereocenters. The molecule has 0 unspecified atom stereocenters. The number of nitrogens with zero attached hydrogens (tertiary/aromatic N) is 1. The zero-order chi connectivity index (χ0) is 18.0. The fraction of sp³-hybridized carbons (Fsp3) is 0.250. The third-order valence-corrected chi connectivity index (χ3v) is 4.88. The van der Waals surface area contributed by atoms with Crippen LogP contribution in [0.2, 0.25) is 0 Å². The van der Waals surface area contributed by atoms with Gasteiger partial charge in [0, 0.05) is 34.6 Å². The Morgan fingerprint density at radius 3 is 2.60 bits per heavy atom. The first-order valence-corrected chi connectivity index (χ1v) is 8.91. The molecule has 1 aromatic heterocycles. The van der Waals surface area contributed by atoms with Gasteiger partial charge in [-0.3, -0.25) is 0 Å². The first kappa shape index (κ1) is 17.7. The number of rotatable bonds is 5. The van der Waals surface area contributed by atoms with Crippen LogP contribution in [0.4, 0.5) is 0 Å². The molecule has 5 heteroatoms. The molecular weight excluding hydrogens is 382 g/mol. The van der Waals surface area contributed by atoms with Crippen LogP contribution in [-0.4, -0.2) is 23.6 Å². The number of hydrogen-bond acceptors (Lipinski definition) is 4. The van der Waals surface area contributed by atoms with Crippen molar-refractivity contribution >= 4 is 26.9 Å². The van der Waals surface area contributed by atoms with Crippen LogP contribution in [-0.2, 0) is 13.0 Å². The van der Waals surface area contributed by atoms with Gasteiger partial charge in [-0.1, -0.05) is 28.1 Å². The Hall–Kier alpha value is -2.11. The normalized spacial score (nSPS) is 11.4. The standard InChI is InChI=1S/C20H20BrNO3/c1-13-18(23)8-7-17-15(11-19(24)25-20(13)17)12-22(2)10-9-14-3-5-16(21)6-4-14/h3-8,11,23H,9-10,12H2,1-2H3. The number of fused-ring (bicyclic) bond motifs is 1. The van der Waals surface area contributed by atoms with E-state index in [1.165, 1.54) is 11.6 Å². The number of aromatic hydroxyl groups is 1. The molecular formula is C20H20BrNO3. The van der Waals surface area contributed by atoms with E-state index in [0.717, 1.165) is 28.4 Å². The quantitative estimate of drug-likeness (QED) is 0.649. The maximum atomic E-state index is 11.9. The minimum atomic E-state index is -0.391. The lowest BCUT2D eigenvalue weighted by atomic mass is 10.1. The Labute approximate surface area is 154 Å². The Morgan fingerprint density at radius 2 is 1.88 bits per heavy atom. The lowest BCUT2D eigenvalue weighted by Gasteiger charge is -2.18. The number of benzene rings is 2. The third-order valence-electron chi connectivity index (χ3n) is 4.35. The van der Waals surface area contributed by atoms with Crippen LogP contribution in [0.5, 0.6) is 5.75 Å². The average Bonchev–Trinajstić information content (AvgIpc) is 2.58. The van der Waals surface area contributed by atoms with Gasteiger partial charge in [-0.25, -0.2) is 4.79 Å². The van der Waals surface area contributed by atoms with Gasteiger partial charge < -0.3 is 14.4 Å². The van der Waals surface area contributed by atoms with E-state index >= 15 is 0 Å². The highest BCUT2D eigenvalue weighted by atomic mass is 79.9. The summed E-state index contributed by atoms with van der Waals surface area (Å²) in [7, 11) is 2.03. The molecule has 0 fully saturated rings. The number of likely N-dealkylation sites (N-methyl/N-ethyl adjacent to an activating group) is 1. The molecule has 130 valence electrons. The average molecular weight is 402 g/mol. The predicted molar refractivity (Wildman–Crippen MR) is 103 cm³/mol. The fourth-order valence-corrected chi connectivity index (χ4v) is 3.15. The van der Waals surface area contributed by atoms with Crippen molar-refractivity contribution in [1.29, 1.82) is 0 Å². The topological polar surface area (TPSA) is 53.7 Å². The minimum absolute atomic E-state index is 0.136. The number of aryl methyl sites for hydroxylation is 1. The molecule has 0 aliphatic heterocycles. The van der Waals surface area contributed by atoms with Gasteiger partial charge in [-0.05, 0) is 55.8 Å². The van der Waals surface area contributed by atoms with E-state index in [1.54, 1.807) is 19.1 Å². The Balaban J connectivity index is 1.79. The Bertz CT molecular complexity index is 948. The van der Waals surface area contributed by atoms with E-state index in [-0.39, 0.29) is 5.75 Å². The van der Waals surface area contributed by atoms with Crippen LogP contribution < -0.4 is 5.63 Å². The second kappa shape index (κ2) is 7.42. The summed E-state index contributed by atoms with van der Waals surface area (Å²) in [6.07, 6.45) is 0.934. The predicted octanol–water partition coefficient (Wildman–Crippen LogP) is 4.24. The SMILES string of the molecule is Cc1c(O)ccc2c(CN(C)CCc3ccc(Br)cc3)cc(=O)oc12. The van der Waals surface area contributed by atoms with Crippen molar-refractivity contribution in [3.8, 4) is 5.75 Å². The third kappa shape index (κ3) is 4.11. The molecule has 3 aromatic rings. The van der Waals surface area contributed by atoms with Crippen molar-refractivity contribution in [2.45, 2.75) is 19.9 Å². The highest BCUT2D eigenvalue weighted by molar-refractivity contribution is 9.10. The molecule has 25 heavy (non-hydrogen) atoms. The molecule has 0 aliphatic rings. The van der Waals surface area contributed by atoms with Gasteiger partial charge in [0.25, 0.3) is 0 Å². The maximum absolute atomic E-state index is 11.9. The maximum Gasteiger partial charge on any atom is 0.336 e. The van der Waals surface area contributed by atoms with Crippen LogP contribution in [0.3, 0.4) is 0 Å². The molecule has 0 saturated heterocycles. The number of phenols is 1. The molecule has 4 nitrogen and oxygen atoms in total. The van der Waals surface area contributed by atoms with Crippen molar-refractivity contribution in [1.82, 2.24) is 4.90 Å². The molecule has 2 aromatic carbocycles. The second-order valence-corrected chi connectivity index (χ2v) is 7.21. The Kier molecular flexibility index (Phi) is 5.25. The van der Waals surface area contributed by atoms with Crippen molar-refractivity contribution in [2.75, 3.05) is 13.6 Å². The fourth-order valence-electron chi connectivity index (χ4n) is 2.89. The lowest BCUT2D eigenvalue weighted by Crippen LogP contribution is -2.21. The summed E-state index contributed by atoms with van der Waals surface area (Å²) < 4.78 is 6.37. The van der Waals surface area contributed by atoms with Gasteiger partial charge in [-0.2, -0.15) is 0 Å². The summed E-state index contributed by atoms with van der Waals surface area (Å²) in [5.74, 6) is 0.136. The lowest BCUT2D eigenvalue weighted by molar-refractivity contribution is 0.331. The monoisotopic (exact) mass is 401 g/mol. The molecule has 1 heterocycles. The zero-order valence-electron chi connectivity index (χ0n) is 14.3. The number of hydrogen-bond donors (Lipinski definition) is 1. The molecule has 0 bridgehead atoms. The van der Waals surface area contributed by atoms with Crippen molar-refractivity contribution < 1.29 is 9.52 Å². The van der Waals surface area contributed by atoms with Gasteiger partial charge in [0.05, 0.1) is 0 Å². The molecule has 0 amide bonds. The van der Waals surface area contributed by atoms with Crippen LogP contribution in [0.25, 0.3) is 11.0 Å². The zero-order valence-corrected chi connectivity index (χ0v) is 15.8. The van der Waals surface area contributed by atoms with Crippen molar-refractivity contribution in [3.63, 3.8) is 0 Å². The highest BCUT2D eigenvalue weighted by Gasteiger charge is 2.12. The van der Waals surface area contributed by atoms with E-state index in [4.69, 9.17) is 4.42 Å². The first-order valence-electron chi connectivity index (χ1n) is 8.12. The van der Waals surface area contributed by atoms with Gasteiger partial charge in [-0.15, -0.1) is 0 Å². The van der Waals surface area contributed by atoms with Gasteiger partial charge in [0.2, 0.25) is 0 Å². The Morgan fingerprint density at radius 1 is 1.16 bits per heavy atom. The second-order valence-electron chi connectivity index (χ2n) is 6.29. The summed E-state index contributed by atoms with van der Waals surface area (Å²) in [5.41, 5.74) is 2.84. The van der Waals surface area contributed by atoms with E-state index in [9.17, 15) is 9.90 Å². The van der Waals surface area contributed by atoms with Gasteiger partial charge in [0.15, 0.2) is 0 Å². The number of phenolic OH excluding ortho intramolecular Hbond substituents is 1. The number of halogens is 1. The molecule has 0 spiro atoms. The summed E-state index contributed by atoms with van der Waals surface area (Å²) >= 11 is 3.44. The summed E-state index contributed by atoms with van der Waals surface area (Å²) in [6.45, 7) is 3.27. The van der Waals surface area contributed by atoms with E-state index in [0.29, 0.717) is 17.7 Å². The van der Waals surface area contributed by atoms with Crippen LogP contribution >= 0.6 is 15.9 Å². The van der Waals surface area contributed by atoms with Crippen LogP contribution in [0.1, 0.15) is 16.7 Å². The summed E-state index contributed by atoms with van der Waals surface area (Å²) in [6, 6.07) is 13.3. The minimum Gasteiger partial charge on any atom is -0.508 e. The van der Waals surface area contributed by atoms with Crippen molar-refractivity contribution in [3.05, 3.63) is 74.0 Å². The van der Waals surface area contributed by atoms with E-state index in [2.05, 4.69) is 33.0 Å². The molecule has 0 saturated carbocycles. The summed E-state index contributed by atoms with van der Waals surface area (Å²) in [5, 5.41) is 10.7. The van der Waals surface area contributed by atoms with Crippen LogP contribution in [0, 0.1) is 6.92 Å². The smallest absolute Gasteiger partial charge is 0.336 e. The largest absolute Gasteiger partial charge is 0.508 e. The van der Waals surface area contributed by atoms with E-state index in [1.807, 2.05) is 19.2 Å². The van der Waals surface area contributed by atoms with E-state index < -0.39 is 5.63 Å². The molecule has 3 rings (SSSR count). The summed E-state index contributed by atoms with van der Waals surface area (Å²) in [4.78, 5) is 14.1.